The summed E-state index contributed by atoms with van der Waals surface area (Å²) < 4.78 is 4.48. The minimum absolute atomic E-state index is 0.143. The number of carbonyl (C=O) groups is 1. The number of carbonyl (C=O) groups excluding carboxylic acids is 1. The van der Waals surface area contributed by atoms with Crippen LogP contribution in [0.3, 0.4) is 0 Å². The van der Waals surface area contributed by atoms with Crippen molar-refractivity contribution in [2.75, 3.05) is 7.11 Å². The summed E-state index contributed by atoms with van der Waals surface area (Å²) in [6, 6.07) is -0.410. The highest BCUT2D eigenvalue weighted by Gasteiger charge is 2.20. The highest BCUT2D eigenvalue weighted by molar-refractivity contribution is 6.14. The maximum Gasteiger partial charge on any atom is 0.324 e. The Balaban J connectivity index is 3.93. The monoisotopic (exact) mass is 165 g/mol. The molecule has 0 aliphatic rings. The number of esters is 1. The molecule has 10 heavy (non-hydrogen) atoms. The molecule has 0 heterocycles. The summed E-state index contributed by atoms with van der Waals surface area (Å²) in [5.74, 6) is -0.185. The number of methoxy groups -OCH3 is 1. The zero-order chi connectivity index (χ0) is 8.15. The quantitative estimate of drug-likeness (QED) is 0.500. The Labute approximate surface area is 65.8 Å². The van der Waals surface area contributed by atoms with Crippen molar-refractivity contribution in [3.63, 3.8) is 0 Å². The van der Waals surface area contributed by atoms with Crippen molar-refractivity contribution < 1.29 is 9.53 Å². The first-order valence-corrected chi connectivity index (χ1v) is 3.45. The van der Waals surface area contributed by atoms with Crippen molar-refractivity contribution >= 4 is 17.7 Å². The van der Waals surface area contributed by atoms with Gasteiger partial charge in [0.1, 0.15) is 6.04 Å². The van der Waals surface area contributed by atoms with Gasteiger partial charge in [-0.15, -0.1) is 0 Å². The van der Waals surface area contributed by atoms with E-state index in [-0.39, 0.29) is 11.9 Å². The van der Waals surface area contributed by atoms with Crippen molar-refractivity contribution in [1.29, 1.82) is 0 Å². The van der Waals surface area contributed by atoms with Crippen molar-refractivity contribution in [3.8, 4) is 0 Å². The molecule has 0 aromatic carbocycles. The fraction of sp³-hybridized carbons (Fsp3) is 0.833. The van der Waals surface area contributed by atoms with Crippen LogP contribution in [0.4, 0.5) is 0 Å². The molecule has 0 rings (SSSR count). The number of hydrogen-bond donors (Lipinski definition) is 1. The van der Waals surface area contributed by atoms with Crippen LogP contribution in [-0.2, 0) is 9.53 Å². The van der Waals surface area contributed by atoms with Crippen LogP contribution in [0.15, 0.2) is 0 Å². The first-order valence-electron chi connectivity index (χ1n) is 3.07. The lowest BCUT2D eigenvalue weighted by Crippen LogP contribution is -2.36. The zero-order valence-electron chi connectivity index (χ0n) is 6.35. The van der Waals surface area contributed by atoms with Crippen molar-refractivity contribution in [1.82, 2.24) is 4.84 Å². The summed E-state index contributed by atoms with van der Waals surface area (Å²) in [5.41, 5.74) is 0. The van der Waals surface area contributed by atoms with Gasteiger partial charge in [0.05, 0.1) is 7.11 Å². The number of rotatable bonds is 3. The Morgan fingerprint density at radius 3 is 2.20 bits per heavy atom. The molecule has 0 fully saturated rings. The van der Waals surface area contributed by atoms with E-state index >= 15 is 0 Å². The molecule has 4 heteroatoms. The summed E-state index contributed by atoms with van der Waals surface area (Å²) >= 11 is 5.29. The van der Waals surface area contributed by atoms with Gasteiger partial charge in [-0.25, -0.2) is 4.84 Å². The molecule has 0 spiro atoms. The lowest BCUT2D eigenvalue weighted by Gasteiger charge is -2.14. The molecule has 60 valence electrons. The van der Waals surface area contributed by atoms with Crippen molar-refractivity contribution in [3.05, 3.63) is 0 Å². The molecule has 0 radical (unpaired) electrons. The Morgan fingerprint density at radius 2 is 2.10 bits per heavy atom. The summed E-state index contributed by atoms with van der Waals surface area (Å²) in [5, 5.41) is 0. The Morgan fingerprint density at radius 1 is 1.60 bits per heavy atom. The first kappa shape index (κ1) is 9.72. The van der Waals surface area contributed by atoms with E-state index < -0.39 is 6.04 Å². The molecule has 1 atom stereocenters. The van der Waals surface area contributed by atoms with Crippen LogP contribution < -0.4 is 4.84 Å². The van der Waals surface area contributed by atoms with Crippen LogP contribution in [0.25, 0.3) is 0 Å². The van der Waals surface area contributed by atoms with Gasteiger partial charge >= 0.3 is 5.97 Å². The Kier molecular flexibility index (Phi) is 4.40. The minimum atomic E-state index is -0.410. The van der Waals surface area contributed by atoms with Gasteiger partial charge in [0, 0.05) is 0 Å². The van der Waals surface area contributed by atoms with E-state index in [1.807, 2.05) is 13.8 Å². The summed E-state index contributed by atoms with van der Waals surface area (Å²) in [4.78, 5) is 13.2. The third-order valence-electron chi connectivity index (χ3n) is 1.24. The topological polar surface area (TPSA) is 38.3 Å². The highest BCUT2D eigenvalue weighted by Crippen LogP contribution is 2.03. The molecule has 0 saturated carbocycles. The molecule has 0 aliphatic carbocycles. The van der Waals surface area contributed by atoms with E-state index in [0.717, 1.165) is 0 Å². The number of halogens is 1. The number of ether oxygens (including phenoxy) is 1. The van der Waals surface area contributed by atoms with E-state index in [1.165, 1.54) is 7.11 Å². The van der Waals surface area contributed by atoms with E-state index in [4.69, 9.17) is 11.8 Å². The van der Waals surface area contributed by atoms with Crippen LogP contribution in [0, 0.1) is 5.92 Å². The van der Waals surface area contributed by atoms with Crippen molar-refractivity contribution in [2.45, 2.75) is 19.9 Å². The number of nitrogens with one attached hydrogen (secondary N) is 1. The maximum absolute atomic E-state index is 10.8. The maximum atomic E-state index is 10.8. The average Bonchev–Trinajstić information content (AvgIpc) is 1.88. The zero-order valence-corrected chi connectivity index (χ0v) is 7.11. The van der Waals surface area contributed by atoms with Gasteiger partial charge in [0.15, 0.2) is 0 Å². The summed E-state index contributed by atoms with van der Waals surface area (Å²) in [6.07, 6.45) is 0. The lowest BCUT2D eigenvalue weighted by molar-refractivity contribution is -0.143. The molecule has 1 N–H and O–H groups in total. The predicted molar refractivity (Wildman–Crippen MR) is 39.6 cm³/mol. The predicted octanol–water partition coefficient (Wildman–Crippen LogP) is 0.927. The molecule has 0 aliphatic heterocycles. The first-order chi connectivity index (χ1) is 4.63. The van der Waals surface area contributed by atoms with Gasteiger partial charge in [-0.3, -0.25) is 4.79 Å². The van der Waals surface area contributed by atoms with Gasteiger partial charge in [0.25, 0.3) is 0 Å². The van der Waals surface area contributed by atoms with Gasteiger partial charge in [-0.1, -0.05) is 13.8 Å². The second-order valence-corrected chi connectivity index (χ2v) is 2.57. The lowest BCUT2D eigenvalue weighted by atomic mass is 10.1. The number of hydrogen-bond acceptors (Lipinski definition) is 3. The highest BCUT2D eigenvalue weighted by atomic mass is 35.5. The standard InChI is InChI=1S/C6H12ClNO2/c1-4(2)5(8-7)6(9)10-3/h4-5,8H,1-3H3. The second-order valence-electron chi connectivity index (χ2n) is 2.35. The van der Waals surface area contributed by atoms with Gasteiger partial charge in [-0.05, 0) is 17.7 Å². The average molecular weight is 166 g/mol. The van der Waals surface area contributed by atoms with Gasteiger partial charge < -0.3 is 4.74 Å². The van der Waals surface area contributed by atoms with E-state index in [9.17, 15) is 4.79 Å². The van der Waals surface area contributed by atoms with Crippen LogP contribution in [0.1, 0.15) is 13.8 Å². The van der Waals surface area contributed by atoms with E-state index in [1.54, 1.807) is 0 Å². The molecule has 0 aromatic rings. The molecule has 0 saturated heterocycles. The molecular formula is C6H12ClNO2. The Hall–Kier alpha value is -0.280. The van der Waals surface area contributed by atoms with E-state index in [0.29, 0.717) is 0 Å². The molecular weight excluding hydrogens is 154 g/mol. The Bertz CT molecular complexity index is 116. The SMILES string of the molecule is COC(=O)C(NCl)C(C)C. The molecule has 3 nitrogen and oxygen atoms in total. The van der Waals surface area contributed by atoms with Crippen molar-refractivity contribution in [2.24, 2.45) is 5.92 Å². The minimum Gasteiger partial charge on any atom is -0.468 e. The normalized spacial score (nSPS) is 13.3. The molecule has 0 amide bonds. The van der Waals surface area contributed by atoms with E-state index in [2.05, 4.69) is 9.57 Å². The second kappa shape index (κ2) is 4.52. The third kappa shape index (κ3) is 2.54. The fourth-order valence-electron chi connectivity index (χ4n) is 0.570. The van der Waals surface area contributed by atoms with Gasteiger partial charge in [-0.2, -0.15) is 0 Å². The third-order valence-corrected chi connectivity index (χ3v) is 1.47. The molecule has 1 unspecified atom stereocenters. The van der Waals surface area contributed by atoms with Crippen LogP contribution >= 0.6 is 11.8 Å². The summed E-state index contributed by atoms with van der Waals surface area (Å²) in [6.45, 7) is 3.77. The largest absolute Gasteiger partial charge is 0.468 e. The van der Waals surface area contributed by atoms with Crippen LogP contribution in [-0.4, -0.2) is 19.1 Å². The smallest absolute Gasteiger partial charge is 0.324 e. The van der Waals surface area contributed by atoms with Crippen LogP contribution in [0.2, 0.25) is 0 Å². The van der Waals surface area contributed by atoms with Crippen LogP contribution in [0.5, 0.6) is 0 Å². The molecule has 0 aromatic heterocycles. The van der Waals surface area contributed by atoms with Gasteiger partial charge in [0.2, 0.25) is 0 Å². The summed E-state index contributed by atoms with van der Waals surface area (Å²) in [7, 11) is 1.34. The molecule has 0 bridgehead atoms. The fourth-order valence-corrected chi connectivity index (χ4v) is 0.911.